The number of carbonyl (C=O) groups is 3. The van der Waals surface area contributed by atoms with Crippen molar-refractivity contribution in [1.82, 2.24) is 10.6 Å². The molecule has 2 amide bonds. The first kappa shape index (κ1) is 13.8. The number of thioether (sulfide) groups is 1. The number of carboxylic acid groups (broad SMARTS) is 1. The minimum atomic E-state index is -1.04. The molecular formula is C10H16N2O4S. The van der Waals surface area contributed by atoms with Gasteiger partial charge in [-0.15, -0.1) is 0 Å². The van der Waals surface area contributed by atoms with Gasteiger partial charge in [-0.3, -0.25) is 9.59 Å². The van der Waals surface area contributed by atoms with E-state index in [-0.39, 0.29) is 5.91 Å². The first-order valence-electron chi connectivity index (χ1n) is 5.36. The van der Waals surface area contributed by atoms with Crippen LogP contribution in [0.1, 0.15) is 19.3 Å². The fourth-order valence-corrected chi connectivity index (χ4v) is 2.05. The van der Waals surface area contributed by atoms with Crippen LogP contribution in [0.25, 0.3) is 0 Å². The highest BCUT2D eigenvalue weighted by atomic mass is 32.2. The van der Waals surface area contributed by atoms with Gasteiger partial charge in [-0.2, -0.15) is 11.8 Å². The molecule has 0 radical (unpaired) electrons. The van der Waals surface area contributed by atoms with E-state index in [0.29, 0.717) is 25.0 Å². The lowest BCUT2D eigenvalue weighted by Crippen LogP contribution is -2.48. The van der Waals surface area contributed by atoms with Gasteiger partial charge in [0.05, 0.1) is 0 Å². The van der Waals surface area contributed by atoms with Gasteiger partial charge in [-0.1, -0.05) is 0 Å². The molecule has 1 rings (SSSR count). The quantitative estimate of drug-likeness (QED) is 0.603. The Hall–Kier alpha value is -1.24. The molecule has 1 heterocycles. The number of rotatable bonds is 6. The van der Waals surface area contributed by atoms with Crippen LogP contribution in [0, 0.1) is 0 Å². The van der Waals surface area contributed by atoms with Crippen molar-refractivity contribution in [2.75, 3.05) is 12.0 Å². The van der Waals surface area contributed by atoms with E-state index in [1.165, 1.54) is 11.8 Å². The van der Waals surface area contributed by atoms with Crippen LogP contribution in [-0.4, -0.2) is 47.0 Å². The van der Waals surface area contributed by atoms with Gasteiger partial charge in [0.1, 0.15) is 12.1 Å². The zero-order valence-electron chi connectivity index (χ0n) is 9.56. The molecule has 1 aliphatic rings. The van der Waals surface area contributed by atoms with Crippen molar-refractivity contribution in [3.63, 3.8) is 0 Å². The summed E-state index contributed by atoms with van der Waals surface area (Å²) in [5.74, 6) is -0.962. The molecule has 0 spiro atoms. The number of carbonyl (C=O) groups excluding carboxylic acids is 2. The highest BCUT2D eigenvalue weighted by Crippen LogP contribution is 2.08. The second kappa shape index (κ2) is 6.48. The predicted molar refractivity (Wildman–Crippen MR) is 63.7 cm³/mol. The van der Waals surface area contributed by atoms with E-state index in [1.54, 1.807) is 0 Å². The molecule has 0 aromatic rings. The van der Waals surface area contributed by atoms with Gasteiger partial charge in [-0.05, 0) is 24.9 Å². The zero-order valence-corrected chi connectivity index (χ0v) is 10.4. The minimum absolute atomic E-state index is 0.166. The lowest BCUT2D eigenvalue weighted by atomic mass is 10.1. The van der Waals surface area contributed by atoms with Gasteiger partial charge < -0.3 is 15.7 Å². The van der Waals surface area contributed by atoms with E-state index in [0.717, 1.165) is 0 Å². The summed E-state index contributed by atoms with van der Waals surface area (Å²) in [6.45, 7) is 0. The van der Waals surface area contributed by atoms with Crippen LogP contribution in [-0.2, 0) is 14.4 Å². The van der Waals surface area contributed by atoms with Gasteiger partial charge in [0.2, 0.25) is 11.8 Å². The van der Waals surface area contributed by atoms with Gasteiger partial charge in [-0.25, -0.2) is 4.79 Å². The molecule has 3 N–H and O–H groups in total. The summed E-state index contributed by atoms with van der Waals surface area (Å²) >= 11 is 1.52. The summed E-state index contributed by atoms with van der Waals surface area (Å²) in [5.41, 5.74) is 0. The molecule has 96 valence electrons. The summed E-state index contributed by atoms with van der Waals surface area (Å²) in [4.78, 5) is 33.5. The average molecular weight is 260 g/mol. The first-order valence-corrected chi connectivity index (χ1v) is 6.75. The Morgan fingerprint density at radius 2 is 2.35 bits per heavy atom. The maximum Gasteiger partial charge on any atom is 0.326 e. The zero-order chi connectivity index (χ0) is 12.8. The third kappa shape index (κ3) is 4.26. The molecule has 6 nitrogen and oxygen atoms in total. The minimum Gasteiger partial charge on any atom is -0.480 e. The fourth-order valence-electron chi connectivity index (χ4n) is 1.58. The van der Waals surface area contributed by atoms with Crippen molar-refractivity contribution < 1.29 is 19.5 Å². The summed E-state index contributed by atoms with van der Waals surface area (Å²) in [6, 6.07) is -1.47. The Kier molecular flexibility index (Phi) is 5.27. The van der Waals surface area contributed by atoms with Gasteiger partial charge >= 0.3 is 5.97 Å². The van der Waals surface area contributed by atoms with Crippen LogP contribution in [0.5, 0.6) is 0 Å². The smallest absolute Gasteiger partial charge is 0.326 e. The van der Waals surface area contributed by atoms with Crippen molar-refractivity contribution in [3.05, 3.63) is 0 Å². The number of carboxylic acids is 1. The molecule has 2 atom stereocenters. The van der Waals surface area contributed by atoms with Crippen LogP contribution in [0.15, 0.2) is 0 Å². The van der Waals surface area contributed by atoms with Gasteiger partial charge in [0.15, 0.2) is 0 Å². The Labute approximate surface area is 104 Å². The predicted octanol–water partition coefficient (Wildman–Crippen LogP) is -0.412. The molecule has 0 aliphatic carbocycles. The summed E-state index contributed by atoms with van der Waals surface area (Å²) in [7, 11) is 0. The third-order valence-corrected chi connectivity index (χ3v) is 3.18. The van der Waals surface area contributed by atoms with E-state index in [4.69, 9.17) is 5.11 Å². The number of nitrogens with one attached hydrogen (secondary N) is 2. The summed E-state index contributed by atoms with van der Waals surface area (Å²) in [6.07, 6.45) is 3.00. The lowest BCUT2D eigenvalue weighted by molar-refractivity contribution is -0.142. The van der Waals surface area contributed by atoms with Crippen LogP contribution in [0.3, 0.4) is 0 Å². The van der Waals surface area contributed by atoms with Gasteiger partial charge in [0, 0.05) is 6.42 Å². The Morgan fingerprint density at radius 1 is 1.65 bits per heavy atom. The molecule has 7 heteroatoms. The number of hydrogen-bond donors (Lipinski definition) is 3. The van der Waals surface area contributed by atoms with E-state index >= 15 is 0 Å². The Balaban J connectivity index is 2.46. The molecule has 1 aliphatic heterocycles. The maximum absolute atomic E-state index is 11.7. The normalized spacial score (nSPS) is 20.8. The highest BCUT2D eigenvalue weighted by Gasteiger charge is 2.30. The largest absolute Gasteiger partial charge is 0.480 e. The second-order valence-corrected chi connectivity index (χ2v) is 4.83. The van der Waals surface area contributed by atoms with Crippen molar-refractivity contribution in [3.8, 4) is 0 Å². The number of amides is 2. The van der Waals surface area contributed by atoms with Crippen molar-refractivity contribution >= 4 is 29.5 Å². The van der Waals surface area contributed by atoms with Crippen LogP contribution >= 0.6 is 11.8 Å². The molecule has 0 saturated carbocycles. The van der Waals surface area contributed by atoms with Crippen LogP contribution in [0.4, 0.5) is 0 Å². The SMILES string of the molecule is CSCC[C@H](NC(=O)[C@@H]1CCC(=O)N1)C(=O)O. The molecule has 1 saturated heterocycles. The molecule has 0 bridgehead atoms. The van der Waals surface area contributed by atoms with E-state index in [2.05, 4.69) is 10.6 Å². The number of aliphatic carboxylic acids is 1. The van der Waals surface area contributed by atoms with Crippen molar-refractivity contribution in [2.45, 2.75) is 31.3 Å². The van der Waals surface area contributed by atoms with Crippen molar-refractivity contribution in [2.24, 2.45) is 0 Å². The third-order valence-electron chi connectivity index (χ3n) is 2.54. The highest BCUT2D eigenvalue weighted by molar-refractivity contribution is 7.98. The molecule has 0 unspecified atom stereocenters. The van der Waals surface area contributed by atoms with Gasteiger partial charge in [0.25, 0.3) is 0 Å². The molecule has 1 fully saturated rings. The molecule has 17 heavy (non-hydrogen) atoms. The molecular weight excluding hydrogens is 244 g/mol. The maximum atomic E-state index is 11.7. The lowest BCUT2D eigenvalue weighted by Gasteiger charge is -2.16. The fraction of sp³-hybridized carbons (Fsp3) is 0.700. The topological polar surface area (TPSA) is 95.5 Å². The average Bonchev–Trinajstić information content (AvgIpc) is 2.70. The standard InChI is InChI=1S/C10H16N2O4S/c1-17-5-4-7(10(15)16)12-9(14)6-2-3-8(13)11-6/h6-7H,2-5H2,1H3,(H,11,13)(H,12,14)(H,15,16)/t6-,7-/m0/s1. The Bertz CT molecular complexity index is 321. The summed E-state index contributed by atoms with van der Waals surface area (Å²) < 4.78 is 0. The van der Waals surface area contributed by atoms with E-state index < -0.39 is 24.0 Å². The summed E-state index contributed by atoms with van der Waals surface area (Å²) in [5, 5.41) is 13.9. The van der Waals surface area contributed by atoms with E-state index in [1.807, 2.05) is 6.26 Å². The molecule has 0 aromatic carbocycles. The number of hydrogen-bond acceptors (Lipinski definition) is 4. The Morgan fingerprint density at radius 3 is 2.82 bits per heavy atom. The van der Waals surface area contributed by atoms with Crippen LogP contribution < -0.4 is 10.6 Å². The second-order valence-electron chi connectivity index (χ2n) is 3.84. The first-order chi connectivity index (χ1) is 8.04. The van der Waals surface area contributed by atoms with Crippen molar-refractivity contribution in [1.29, 1.82) is 0 Å². The molecule has 0 aromatic heterocycles. The van der Waals surface area contributed by atoms with Crippen LogP contribution in [0.2, 0.25) is 0 Å². The van der Waals surface area contributed by atoms with E-state index in [9.17, 15) is 14.4 Å². The monoisotopic (exact) mass is 260 g/mol.